The molecule has 0 aromatic heterocycles. The Kier molecular flexibility index (Phi) is 6.78. The Balaban J connectivity index is 2.58. The molecule has 0 saturated carbocycles. The maximum Gasteiger partial charge on any atom is 0.387 e. The molecule has 108 valence electrons. The average Bonchev–Trinajstić information content (AvgIpc) is 2.39. The van der Waals surface area contributed by atoms with Crippen molar-refractivity contribution in [2.45, 2.75) is 46.3 Å². The van der Waals surface area contributed by atoms with Gasteiger partial charge in [-0.05, 0) is 37.1 Å². The molecule has 0 bridgehead atoms. The van der Waals surface area contributed by atoms with Gasteiger partial charge in [-0.3, -0.25) is 0 Å². The first-order valence-electron chi connectivity index (χ1n) is 6.84. The molecule has 1 N–H and O–H groups in total. The third-order valence-corrected chi connectivity index (χ3v) is 3.45. The van der Waals surface area contributed by atoms with Gasteiger partial charge in [-0.25, -0.2) is 0 Å². The van der Waals surface area contributed by atoms with Gasteiger partial charge in [-0.15, -0.1) is 0 Å². The Morgan fingerprint density at radius 2 is 1.89 bits per heavy atom. The van der Waals surface area contributed by atoms with Gasteiger partial charge in [-0.2, -0.15) is 8.78 Å². The van der Waals surface area contributed by atoms with E-state index in [0.717, 1.165) is 24.9 Å². The second kappa shape index (κ2) is 8.10. The highest BCUT2D eigenvalue weighted by Gasteiger charge is 2.10. The number of halogens is 2. The molecule has 1 aromatic rings. The lowest BCUT2D eigenvalue weighted by molar-refractivity contribution is -0.0499. The smallest absolute Gasteiger partial charge is 0.387 e. The van der Waals surface area contributed by atoms with Crippen LogP contribution in [0.1, 0.15) is 45.2 Å². The summed E-state index contributed by atoms with van der Waals surface area (Å²) in [4.78, 5) is 0. The summed E-state index contributed by atoms with van der Waals surface area (Å²) < 4.78 is 28.7. The van der Waals surface area contributed by atoms with Crippen molar-refractivity contribution in [2.24, 2.45) is 5.92 Å². The Bertz CT molecular complexity index is 367. The minimum atomic E-state index is -2.77. The van der Waals surface area contributed by atoms with Crippen LogP contribution in [-0.4, -0.2) is 13.2 Å². The third kappa shape index (κ3) is 5.55. The van der Waals surface area contributed by atoms with Crippen molar-refractivity contribution in [3.05, 3.63) is 29.8 Å². The van der Waals surface area contributed by atoms with Crippen LogP contribution in [0.25, 0.3) is 0 Å². The van der Waals surface area contributed by atoms with Crippen LogP contribution in [0.15, 0.2) is 24.3 Å². The monoisotopic (exact) mass is 271 g/mol. The van der Waals surface area contributed by atoms with Crippen molar-refractivity contribution < 1.29 is 13.5 Å². The van der Waals surface area contributed by atoms with Crippen LogP contribution < -0.4 is 10.1 Å². The molecule has 0 aliphatic rings. The van der Waals surface area contributed by atoms with Gasteiger partial charge in [-0.1, -0.05) is 38.8 Å². The van der Waals surface area contributed by atoms with Crippen molar-refractivity contribution in [3.63, 3.8) is 0 Å². The fourth-order valence-corrected chi connectivity index (χ4v) is 2.00. The van der Waals surface area contributed by atoms with Crippen molar-refractivity contribution in [3.8, 4) is 5.75 Å². The minimum Gasteiger partial charge on any atom is -0.435 e. The molecule has 0 spiro atoms. The first kappa shape index (κ1) is 15.9. The molecule has 1 rings (SSSR count). The molecule has 4 heteroatoms. The topological polar surface area (TPSA) is 21.3 Å². The van der Waals surface area contributed by atoms with Crippen LogP contribution in [0.4, 0.5) is 8.78 Å². The molecular weight excluding hydrogens is 248 g/mol. The highest BCUT2D eigenvalue weighted by atomic mass is 19.3. The van der Waals surface area contributed by atoms with E-state index >= 15 is 0 Å². The third-order valence-electron chi connectivity index (χ3n) is 3.45. The summed E-state index contributed by atoms with van der Waals surface area (Å²) in [5.74, 6) is 0.867. The van der Waals surface area contributed by atoms with Crippen LogP contribution in [0.2, 0.25) is 0 Å². The van der Waals surface area contributed by atoms with Crippen molar-refractivity contribution in [1.29, 1.82) is 0 Å². The predicted octanol–water partition coefficient (Wildman–Crippen LogP) is 4.37. The van der Waals surface area contributed by atoms with E-state index in [0.29, 0.717) is 5.92 Å². The lowest BCUT2D eigenvalue weighted by Gasteiger charge is -2.19. The van der Waals surface area contributed by atoms with E-state index in [1.54, 1.807) is 18.2 Å². The lowest BCUT2D eigenvalue weighted by Crippen LogP contribution is -2.25. The van der Waals surface area contributed by atoms with E-state index in [4.69, 9.17) is 0 Å². The maximum atomic E-state index is 12.2. The summed E-state index contributed by atoms with van der Waals surface area (Å²) in [5, 5.41) is 3.44. The van der Waals surface area contributed by atoms with Gasteiger partial charge in [0.15, 0.2) is 0 Å². The molecule has 1 unspecified atom stereocenters. The number of hydrogen-bond acceptors (Lipinski definition) is 2. The van der Waals surface area contributed by atoms with Gasteiger partial charge in [0, 0.05) is 6.04 Å². The molecule has 1 aromatic carbocycles. The molecule has 1 atom stereocenters. The van der Waals surface area contributed by atoms with E-state index < -0.39 is 6.61 Å². The second-order valence-electron chi connectivity index (χ2n) is 4.76. The molecule has 0 aliphatic heterocycles. The Labute approximate surface area is 114 Å². The Morgan fingerprint density at radius 1 is 1.21 bits per heavy atom. The van der Waals surface area contributed by atoms with Gasteiger partial charge >= 0.3 is 6.61 Å². The van der Waals surface area contributed by atoms with Gasteiger partial charge in [0.2, 0.25) is 0 Å². The van der Waals surface area contributed by atoms with E-state index in [1.165, 1.54) is 0 Å². The van der Waals surface area contributed by atoms with Crippen molar-refractivity contribution in [2.75, 3.05) is 6.54 Å². The number of benzene rings is 1. The van der Waals surface area contributed by atoms with Crippen LogP contribution >= 0.6 is 0 Å². The SMILES string of the molecule is CCC(CC)CNC(C)c1cccc(OC(F)F)c1. The largest absolute Gasteiger partial charge is 0.435 e. The molecule has 0 heterocycles. The predicted molar refractivity (Wildman–Crippen MR) is 73.6 cm³/mol. The zero-order valence-corrected chi connectivity index (χ0v) is 11.8. The van der Waals surface area contributed by atoms with Gasteiger partial charge < -0.3 is 10.1 Å². The highest BCUT2D eigenvalue weighted by molar-refractivity contribution is 5.30. The maximum absolute atomic E-state index is 12.2. The number of rotatable bonds is 8. The molecule has 19 heavy (non-hydrogen) atoms. The quantitative estimate of drug-likeness (QED) is 0.758. The van der Waals surface area contributed by atoms with Crippen LogP contribution in [-0.2, 0) is 0 Å². The molecular formula is C15H23F2NO. The number of hydrogen-bond donors (Lipinski definition) is 1. The number of ether oxygens (including phenoxy) is 1. The normalized spacial score (nSPS) is 13.0. The van der Waals surface area contributed by atoms with Crippen LogP contribution in [0.5, 0.6) is 5.75 Å². The first-order valence-corrected chi connectivity index (χ1v) is 6.84. The van der Waals surface area contributed by atoms with E-state index in [1.807, 2.05) is 13.0 Å². The summed E-state index contributed by atoms with van der Waals surface area (Å²) in [7, 11) is 0. The minimum absolute atomic E-state index is 0.127. The average molecular weight is 271 g/mol. The summed E-state index contributed by atoms with van der Waals surface area (Å²) >= 11 is 0. The van der Waals surface area contributed by atoms with Crippen LogP contribution in [0, 0.1) is 5.92 Å². The van der Waals surface area contributed by atoms with Crippen molar-refractivity contribution >= 4 is 0 Å². The fraction of sp³-hybridized carbons (Fsp3) is 0.600. The zero-order chi connectivity index (χ0) is 14.3. The second-order valence-corrected chi connectivity index (χ2v) is 4.76. The number of alkyl halides is 2. The van der Waals surface area contributed by atoms with E-state index in [2.05, 4.69) is 23.9 Å². The number of nitrogens with one attached hydrogen (secondary N) is 1. The van der Waals surface area contributed by atoms with Gasteiger partial charge in [0.1, 0.15) is 5.75 Å². The van der Waals surface area contributed by atoms with E-state index in [-0.39, 0.29) is 11.8 Å². The summed E-state index contributed by atoms with van der Waals surface area (Å²) in [6.07, 6.45) is 2.29. The summed E-state index contributed by atoms with van der Waals surface area (Å²) in [6.45, 7) is 4.55. The Hall–Kier alpha value is -1.16. The van der Waals surface area contributed by atoms with Gasteiger partial charge in [0.05, 0.1) is 0 Å². The molecule has 2 nitrogen and oxygen atoms in total. The molecule has 0 aliphatic carbocycles. The van der Waals surface area contributed by atoms with E-state index in [9.17, 15) is 8.78 Å². The molecule has 0 saturated heterocycles. The van der Waals surface area contributed by atoms with Gasteiger partial charge in [0.25, 0.3) is 0 Å². The molecule has 0 fully saturated rings. The summed E-state index contributed by atoms with van der Waals surface area (Å²) in [6, 6.07) is 6.99. The Morgan fingerprint density at radius 3 is 2.47 bits per heavy atom. The van der Waals surface area contributed by atoms with Crippen LogP contribution in [0.3, 0.4) is 0 Å². The molecule has 0 amide bonds. The lowest BCUT2D eigenvalue weighted by atomic mass is 10.0. The molecule has 0 radical (unpaired) electrons. The fourth-order valence-electron chi connectivity index (χ4n) is 2.00. The summed E-state index contributed by atoms with van der Waals surface area (Å²) in [5.41, 5.74) is 0.962. The zero-order valence-electron chi connectivity index (χ0n) is 11.8. The standard InChI is InChI=1S/C15H23F2NO/c1-4-12(5-2)10-18-11(3)13-7-6-8-14(9-13)19-15(16)17/h6-9,11-12,15,18H,4-5,10H2,1-3H3. The highest BCUT2D eigenvalue weighted by Crippen LogP contribution is 2.21. The first-order chi connectivity index (χ1) is 9.06. The van der Waals surface area contributed by atoms with Crippen molar-refractivity contribution in [1.82, 2.24) is 5.32 Å².